The van der Waals surface area contributed by atoms with E-state index in [0.29, 0.717) is 5.69 Å². The Bertz CT molecular complexity index is 1210. The lowest BCUT2D eigenvalue weighted by Crippen LogP contribution is -2.41. The Morgan fingerprint density at radius 1 is 1.22 bits per heavy atom. The average molecular weight is 587 g/mol. The molecule has 7 N–H and O–H groups in total. The maximum absolute atomic E-state index is 13.2. The number of aromatic hydroxyl groups is 2. The van der Waals surface area contributed by atoms with Crippen LogP contribution >= 0.6 is 27.5 Å². The van der Waals surface area contributed by atoms with Crippen LogP contribution in [0.1, 0.15) is 28.4 Å². The summed E-state index contributed by atoms with van der Waals surface area (Å²) in [5.41, 5.74) is 0.402. The van der Waals surface area contributed by atoms with Crippen LogP contribution in [0.4, 0.5) is 10.1 Å². The van der Waals surface area contributed by atoms with Gasteiger partial charge < -0.3 is 36.6 Å². The smallest absolute Gasteiger partial charge is 0.305 e. The number of carbonyl (C=O) groups excluding carboxylic acids is 2. The minimum atomic E-state index is -1.24. The van der Waals surface area contributed by atoms with Crippen molar-refractivity contribution in [1.82, 2.24) is 16.0 Å². The maximum atomic E-state index is 13.2. The van der Waals surface area contributed by atoms with Crippen molar-refractivity contribution in [1.29, 1.82) is 0 Å². The van der Waals surface area contributed by atoms with Crippen LogP contribution in [0.15, 0.2) is 39.8 Å². The molecule has 0 bridgehead atoms. The Hall–Kier alpha value is -3.58. The van der Waals surface area contributed by atoms with Crippen molar-refractivity contribution < 1.29 is 34.1 Å². The number of benzene rings is 2. The first-order valence-corrected chi connectivity index (χ1v) is 11.7. The predicted octanol–water partition coefficient (Wildman–Crippen LogP) is 2.28. The SMILES string of the molecule is O=C(O)C[C@@H](NC(=O)CNC(=O)c1cc(O)cc(NC2=NCC(F)CN2)c1)c1cc(Cl)cc(Br)c1O. The van der Waals surface area contributed by atoms with Gasteiger partial charge in [-0.15, -0.1) is 0 Å². The molecule has 0 aliphatic carbocycles. The number of phenolic OH excluding ortho intramolecular Hbond substituents is 2. The van der Waals surface area contributed by atoms with Gasteiger partial charge in [-0.05, 0) is 40.2 Å². The summed E-state index contributed by atoms with van der Waals surface area (Å²) >= 11 is 9.11. The molecule has 0 fully saturated rings. The van der Waals surface area contributed by atoms with Crippen LogP contribution < -0.4 is 21.3 Å². The number of anilines is 1. The van der Waals surface area contributed by atoms with Crippen molar-refractivity contribution in [3.05, 3.63) is 51.0 Å². The summed E-state index contributed by atoms with van der Waals surface area (Å²) in [6, 6.07) is 5.52. The Balaban J connectivity index is 1.66. The molecule has 2 aromatic carbocycles. The highest BCUT2D eigenvalue weighted by Crippen LogP contribution is 2.36. The lowest BCUT2D eigenvalue weighted by Gasteiger charge is -2.20. The molecule has 0 spiro atoms. The number of carboxylic acid groups (broad SMARTS) is 1. The molecule has 3 rings (SSSR count). The Labute approximate surface area is 217 Å². The van der Waals surface area contributed by atoms with Crippen LogP contribution in [-0.2, 0) is 9.59 Å². The lowest BCUT2D eigenvalue weighted by molar-refractivity contribution is -0.137. The lowest BCUT2D eigenvalue weighted by atomic mass is 10.0. The van der Waals surface area contributed by atoms with Gasteiger partial charge in [0, 0.05) is 27.9 Å². The van der Waals surface area contributed by atoms with Crippen LogP contribution in [-0.4, -0.2) is 64.9 Å². The number of aliphatic carboxylic acids is 1. The molecule has 192 valence electrons. The number of carbonyl (C=O) groups is 3. The quantitative estimate of drug-likeness (QED) is 0.247. The molecule has 0 saturated heterocycles. The zero-order chi connectivity index (χ0) is 26.4. The highest BCUT2D eigenvalue weighted by Gasteiger charge is 2.23. The van der Waals surface area contributed by atoms with E-state index in [9.17, 15) is 34.1 Å². The van der Waals surface area contributed by atoms with Gasteiger partial charge in [0.15, 0.2) is 5.96 Å². The normalized spacial score (nSPS) is 15.8. The maximum Gasteiger partial charge on any atom is 0.305 e. The summed E-state index contributed by atoms with van der Waals surface area (Å²) in [6.45, 7) is -0.481. The summed E-state index contributed by atoms with van der Waals surface area (Å²) in [5, 5.41) is 40.1. The summed E-state index contributed by atoms with van der Waals surface area (Å²) in [6.07, 6.45) is -1.66. The number of nitrogens with one attached hydrogen (secondary N) is 4. The second kappa shape index (κ2) is 11.9. The van der Waals surface area contributed by atoms with Crippen LogP contribution in [0.2, 0.25) is 5.02 Å². The van der Waals surface area contributed by atoms with Crippen molar-refractivity contribution in [3.63, 3.8) is 0 Å². The molecule has 1 unspecified atom stereocenters. The van der Waals surface area contributed by atoms with Crippen LogP contribution in [0, 0.1) is 0 Å². The second-order valence-corrected chi connectivity index (χ2v) is 9.08. The van der Waals surface area contributed by atoms with E-state index in [1.807, 2.05) is 0 Å². The number of halogens is 3. The number of hydrogen-bond donors (Lipinski definition) is 7. The van der Waals surface area contributed by atoms with Gasteiger partial charge in [-0.25, -0.2) is 9.38 Å². The van der Waals surface area contributed by atoms with Crippen molar-refractivity contribution in [2.45, 2.75) is 18.6 Å². The number of phenols is 2. The minimum Gasteiger partial charge on any atom is -0.508 e. The number of rotatable bonds is 8. The average Bonchev–Trinajstić information content (AvgIpc) is 2.80. The van der Waals surface area contributed by atoms with Gasteiger partial charge in [0.1, 0.15) is 17.7 Å². The topological polar surface area (TPSA) is 172 Å². The monoisotopic (exact) mass is 585 g/mol. The molecular formula is C22H22BrClFN5O6. The van der Waals surface area contributed by atoms with E-state index in [1.54, 1.807) is 0 Å². The number of hydrogen-bond acceptors (Lipinski definition) is 8. The molecular weight excluding hydrogens is 565 g/mol. The molecule has 0 saturated carbocycles. The molecule has 14 heteroatoms. The fraction of sp³-hybridized carbons (Fsp3) is 0.273. The minimum absolute atomic E-state index is 0.0172. The Morgan fingerprint density at radius 3 is 2.64 bits per heavy atom. The summed E-state index contributed by atoms with van der Waals surface area (Å²) in [4.78, 5) is 40.4. The Kier molecular flexibility index (Phi) is 8.93. The molecule has 11 nitrogen and oxygen atoms in total. The van der Waals surface area contributed by atoms with E-state index in [2.05, 4.69) is 42.2 Å². The fourth-order valence-electron chi connectivity index (χ4n) is 3.33. The van der Waals surface area contributed by atoms with Gasteiger partial charge in [-0.1, -0.05) is 11.6 Å². The van der Waals surface area contributed by atoms with Gasteiger partial charge in [0.05, 0.1) is 36.6 Å². The van der Waals surface area contributed by atoms with Crippen molar-refractivity contribution in [3.8, 4) is 11.5 Å². The molecule has 2 atom stereocenters. The third-order valence-corrected chi connectivity index (χ3v) is 5.76. The van der Waals surface area contributed by atoms with E-state index in [4.69, 9.17) is 11.6 Å². The van der Waals surface area contributed by atoms with E-state index >= 15 is 0 Å². The highest BCUT2D eigenvalue weighted by atomic mass is 79.9. The molecule has 2 aromatic rings. The van der Waals surface area contributed by atoms with Gasteiger partial charge in [-0.2, -0.15) is 0 Å². The van der Waals surface area contributed by atoms with Crippen molar-refractivity contribution in [2.24, 2.45) is 4.99 Å². The molecule has 1 aliphatic heterocycles. The standard InChI is InChI=1S/C22H22BrClFN5O6/c23-16-4-11(24)3-15(20(16)35)17(6-19(33)34)30-18(32)9-26-21(36)10-1-13(5-14(31)2-10)29-22-27-7-12(25)8-28-22/h1-5,12,17,31,35H,6-9H2,(H,26,36)(H,30,32)(H,33,34)(H2,27,28,29)/t17-/m1/s1. The number of alkyl halides is 1. The van der Waals surface area contributed by atoms with E-state index < -0.39 is 43.0 Å². The van der Waals surface area contributed by atoms with E-state index in [0.717, 1.165) is 0 Å². The van der Waals surface area contributed by atoms with Gasteiger partial charge in [-0.3, -0.25) is 14.4 Å². The second-order valence-electron chi connectivity index (χ2n) is 7.79. The summed E-state index contributed by atoms with van der Waals surface area (Å²) in [5.74, 6) is -2.91. The first-order chi connectivity index (χ1) is 17.0. The molecule has 2 amide bonds. The van der Waals surface area contributed by atoms with E-state index in [1.165, 1.54) is 30.3 Å². The van der Waals surface area contributed by atoms with E-state index in [-0.39, 0.29) is 51.2 Å². The van der Waals surface area contributed by atoms with Crippen molar-refractivity contribution in [2.75, 3.05) is 25.0 Å². The fourth-order valence-corrected chi connectivity index (χ4v) is 4.16. The zero-order valence-electron chi connectivity index (χ0n) is 18.5. The molecule has 0 aromatic heterocycles. The number of guanidine groups is 1. The Morgan fingerprint density at radius 2 is 1.97 bits per heavy atom. The molecule has 1 aliphatic rings. The van der Waals surface area contributed by atoms with Crippen LogP contribution in [0.25, 0.3) is 0 Å². The summed E-state index contributed by atoms with van der Waals surface area (Å²) < 4.78 is 13.4. The number of nitrogens with zero attached hydrogens (tertiary/aromatic N) is 1. The molecule has 36 heavy (non-hydrogen) atoms. The predicted molar refractivity (Wildman–Crippen MR) is 133 cm³/mol. The van der Waals surface area contributed by atoms with Crippen LogP contribution in [0.3, 0.4) is 0 Å². The molecule has 0 radical (unpaired) electrons. The van der Waals surface area contributed by atoms with Crippen LogP contribution in [0.5, 0.6) is 11.5 Å². The molecule has 1 heterocycles. The zero-order valence-corrected chi connectivity index (χ0v) is 20.9. The number of amides is 2. The first-order valence-electron chi connectivity index (χ1n) is 10.5. The first kappa shape index (κ1) is 27.0. The van der Waals surface area contributed by atoms with Gasteiger partial charge in [0.2, 0.25) is 5.91 Å². The number of carboxylic acids is 1. The largest absolute Gasteiger partial charge is 0.508 e. The van der Waals surface area contributed by atoms with Gasteiger partial charge in [0.25, 0.3) is 5.91 Å². The number of aliphatic imine (C=N–C) groups is 1. The summed E-state index contributed by atoms with van der Waals surface area (Å²) in [7, 11) is 0. The highest BCUT2D eigenvalue weighted by molar-refractivity contribution is 9.10. The van der Waals surface area contributed by atoms with Gasteiger partial charge >= 0.3 is 5.97 Å². The van der Waals surface area contributed by atoms with Crippen molar-refractivity contribution >= 4 is 57.0 Å². The third-order valence-electron chi connectivity index (χ3n) is 4.94. The third kappa shape index (κ3) is 7.46.